The van der Waals surface area contributed by atoms with Gasteiger partial charge in [-0.3, -0.25) is 4.79 Å². The minimum Gasteiger partial charge on any atom is -0.497 e. The van der Waals surface area contributed by atoms with Crippen molar-refractivity contribution in [3.8, 4) is 17.2 Å². The predicted molar refractivity (Wildman–Crippen MR) is 108 cm³/mol. The second-order valence-electron chi connectivity index (χ2n) is 6.27. The lowest BCUT2D eigenvalue weighted by Crippen LogP contribution is -2.33. The first-order valence-electron chi connectivity index (χ1n) is 9.05. The summed E-state index contributed by atoms with van der Waals surface area (Å²) in [7, 11) is 3.19. The molecule has 1 amide bonds. The maximum atomic E-state index is 13.7. The molecular formula is C23H22FNO4. The molecule has 1 N–H and O–H groups in total. The molecule has 3 rings (SSSR count). The average Bonchev–Trinajstić information content (AvgIpc) is 2.77. The molecule has 0 spiro atoms. The maximum Gasteiger partial charge on any atom is 0.258 e. The smallest absolute Gasteiger partial charge is 0.258 e. The van der Waals surface area contributed by atoms with Gasteiger partial charge in [-0.05, 0) is 47.5 Å². The number of hydrogen-bond acceptors (Lipinski definition) is 4. The molecule has 29 heavy (non-hydrogen) atoms. The molecule has 0 saturated heterocycles. The fourth-order valence-corrected chi connectivity index (χ4v) is 2.86. The van der Waals surface area contributed by atoms with Crippen molar-refractivity contribution in [3.63, 3.8) is 0 Å². The number of carbonyl (C=O) groups excluding carboxylic acids is 1. The van der Waals surface area contributed by atoms with Crippen LogP contribution in [0, 0.1) is 5.82 Å². The van der Waals surface area contributed by atoms with Crippen LogP contribution in [0.1, 0.15) is 17.2 Å². The van der Waals surface area contributed by atoms with Crippen LogP contribution in [0.5, 0.6) is 17.2 Å². The fraction of sp³-hybridized carbons (Fsp3) is 0.174. The van der Waals surface area contributed by atoms with E-state index in [4.69, 9.17) is 14.2 Å². The number of carbonyl (C=O) groups is 1. The van der Waals surface area contributed by atoms with Crippen LogP contribution in [0.3, 0.4) is 0 Å². The van der Waals surface area contributed by atoms with E-state index < -0.39 is 11.9 Å². The van der Waals surface area contributed by atoms with Crippen LogP contribution >= 0.6 is 0 Å². The van der Waals surface area contributed by atoms with Crippen LogP contribution in [0.15, 0.2) is 72.8 Å². The summed E-state index contributed by atoms with van der Waals surface area (Å²) in [5.74, 6) is 0.591. The van der Waals surface area contributed by atoms with Crippen LogP contribution in [-0.4, -0.2) is 26.7 Å². The first-order valence-corrected chi connectivity index (χ1v) is 9.05. The zero-order valence-corrected chi connectivity index (χ0v) is 16.2. The minimum absolute atomic E-state index is 0.0353. The SMILES string of the molecule is COc1ccc(C(NC(=O)COc2ccccc2F)c2ccc(OC)cc2)cc1. The van der Waals surface area contributed by atoms with Gasteiger partial charge in [0, 0.05) is 0 Å². The summed E-state index contributed by atoms with van der Waals surface area (Å²) < 4.78 is 29.4. The zero-order valence-electron chi connectivity index (χ0n) is 16.2. The van der Waals surface area contributed by atoms with Crippen molar-refractivity contribution in [2.45, 2.75) is 6.04 Å². The third kappa shape index (κ3) is 5.25. The number of amides is 1. The van der Waals surface area contributed by atoms with Crippen LogP contribution in [0.4, 0.5) is 4.39 Å². The number of hydrogen-bond donors (Lipinski definition) is 1. The van der Waals surface area contributed by atoms with Crippen molar-refractivity contribution in [1.29, 1.82) is 0 Å². The van der Waals surface area contributed by atoms with Gasteiger partial charge >= 0.3 is 0 Å². The summed E-state index contributed by atoms with van der Waals surface area (Å²) in [5.41, 5.74) is 1.74. The summed E-state index contributed by atoms with van der Waals surface area (Å²) in [6, 6.07) is 20.4. The molecular weight excluding hydrogens is 373 g/mol. The Hall–Kier alpha value is -3.54. The Morgan fingerprint density at radius 1 is 0.862 bits per heavy atom. The van der Waals surface area contributed by atoms with E-state index in [-0.39, 0.29) is 18.3 Å². The molecule has 0 radical (unpaired) electrons. The number of nitrogens with one attached hydrogen (secondary N) is 1. The summed E-state index contributed by atoms with van der Waals surface area (Å²) >= 11 is 0. The monoisotopic (exact) mass is 395 g/mol. The number of para-hydroxylation sites is 1. The number of benzene rings is 3. The van der Waals surface area contributed by atoms with E-state index in [9.17, 15) is 9.18 Å². The van der Waals surface area contributed by atoms with Gasteiger partial charge in [-0.2, -0.15) is 0 Å². The summed E-state index contributed by atoms with van der Waals surface area (Å²) in [4.78, 5) is 12.5. The Morgan fingerprint density at radius 3 is 1.86 bits per heavy atom. The lowest BCUT2D eigenvalue weighted by Gasteiger charge is -2.20. The van der Waals surface area contributed by atoms with Gasteiger partial charge in [-0.25, -0.2) is 4.39 Å². The standard InChI is InChI=1S/C23H22FNO4/c1-27-18-11-7-16(8-12-18)23(17-9-13-19(28-2)14-10-17)25-22(26)15-29-21-6-4-3-5-20(21)24/h3-14,23H,15H2,1-2H3,(H,25,26). The van der Waals surface area contributed by atoms with E-state index in [0.717, 1.165) is 22.6 Å². The maximum absolute atomic E-state index is 13.7. The Balaban J connectivity index is 1.78. The summed E-state index contributed by atoms with van der Waals surface area (Å²) in [6.45, 7) is -0.302. The lowest BCUT2D eigenvalue weighted by atomic mass is 9.98. The molecule has 0 aliphatic carbocycles. The highest BCUT2D eigenvalue weighted by atomic mass is 19.1. The Labute approximate surface area is 169 Å². The minimum atomic E-state index is -0.512. The molecule has 6 heteroatoms. The second kappa shape index (κ2) is 9.59. The van der Waals surface area contributed by atoms with E-state index in [1.165, 1.54) is 12.1 Å². The first-order chi connectivity index (χ1) is 14.1. The van der Waals surface area contributed by atoms with E-state index >= 15 is 0 Å². The van der Waals surface area contributed by atoms with Crippen molar-refractivity contribution in [2.75, 3.05) is 20.8 Å². The topological polar surface area (TPSA) is 56.8 Å². The molecule has 0 aliphatic rings. The first kappa shape index (κ1) is 20.2. The van der Waals surface area contributed by atoms with E-state index in [1.807, 2.05) is 48.5 Å². The van der Waals surface area contributed by atoms with Gasteiger partial charge < -0.3 is 19.5 Å². The predicted octanol–water partition coefficient (Wildman–Crippen LogP) is 4.13. The summed E-state index contributed by atoms with van der Waals surface area (Å²) in [5, 5.41) is 2.95. The Bertz CT molecular complexity index is 894. The third-order valence-electron chi connectivity index (χ3n) is 4.40. The molecule has 0 saturated carbocycles. The molecule has 0 bridgehead atoms. The molecule has 0 unspecified atom stereocenters. The fourth-order valence-electron chi connectivity index (χ4n) is 2.86. The van der Waals surface area contributed by atoms with Crippen LogP contribution < -0.4 is 19.5 Å². The molecule has 3 aromatic rings. The van der Waals surface area contributed by atoms with Crippen molar-refractivity contribution in [1.82, 2.24) is 5.32 Å². The Morgan fingerprint density at radius 2 is 1.38 bits per heavy atom. The second-order valence-corrected chi connectivity index (χ2v) is 6.27. The molecule has 150 valence electrons. The number of ether oxygens (including phenoxy) is 3. The largest absolute Gasteiger partial charge is 0.497 e. The normalized spacial score (nSPS) is 10.5. The van der Waals surface area contributed by atoms with Crippen LogP contribution in [0.25, 0.3) is 0 Å². The summed E-state index contributed by atoms with van der Waals surface area (Å²) in [6.07, 6.45) is 0. The van der Waals surface area contributed by atoms with Crippen LogP contribution in [0.2, 0.25) is 0 Å². The number of rotatable bonds is 8. The third-order valence-corrected chi connectivity index (χ3v) is 4.40. The average molecular weight is 395 g/mol. The van der Waals surface area contributed by atoms with E-state index in [1.54, 1.807) is 26.4 Å². The quantitative estimate of drug-likeness (QED) is 0.623. The van der Waals surface area contributed by atoms with Gasteiger partial charge in [-0.1, -0.05) is 36.4 Å². The van der Waals surface area contributed by atoms with Gasteiger partial charge in [0.25, 0.3) is 5.91 Å². The molecule has 5 nitrogen and oxygen atoms in total. The highest BCUT2D eigenvalue weighted by Crippen LogP contribution is 2.26. The van der Waals surface area contributed by atoms with Crippen molar-refractivity contribution < 1.29 is 23.4 Å². The molecule has 0 fully saturated rings. The number of methoxy groups -OCH3 is 2. The highest BCUT2D eigenvalue weighted by Gasteiger charge is 2.18. The highest BCUT2D eigenvalue weighted by molar-refractivity contribution is 5.78. The molecule has 3 aromatic carbocycles. The molecule has 0 atom stereocenters. The van der Waals surface area contributed by atoms with Gasteiger partial charge in [0.1, 0.15) is 11.5 Å². The molecule has 0 aromatic heterocycles. The Kier molecular flexibility index (Phi) is 6.68. The van der Waals surface area contributed by atoms with Gasteiger partial charge in [0.15, 0.2) is 18.2 Å². The van der Waals surface area contributed by atoms with Gasteiger partial charge in [0.2, 0.25) is 0 Å². The van der Waals surface area contributed by atoms with Crippen molar-refractivity contribution in [3.05, 3.63) is 89.7 Å². The van der Waals surface area contributed by atoms with Crippen LogP contribution in [-0.2, 0) is 4.79 Å². The van der Waals surface area contributed by atoms with Gasteiger partial charge in [-0.15, -0.1) is 0 Å². The molecule has 0 aliphatic heterocycles. The zero-order chi connectivity index (χ0) is 20.6. The molecule has 0 heterocycles. The van der Waals surface area contributed by atoms with Gasteiger partial charge in [0.05, 0.1) is 20.3 Å². The van der Waals surface area contributed by atoms with Crippen molar-refractivity contribution >= 4 is 5.91 Å². The number of halogens is 1. The van der Waals surface area contributed by atoms with E-state index in [0.29, 0.717) is 0 Å². The van der Waals surface area contributed by atoms with E-state index in [2.05, 4.69) is 5.32 Å². The lowest BCUT2D eigenvalue weighted by molar-refractivity contribution is -0.123. The van der Waals surface area contributed by atoms with Crippen molar-refractivity contribution in [2.24, 2.45) is 0 Å².